The number of ether oxygens (including phenoxy) is 2. The molecule has 1 atom stereocenters. The first-order chi connectivity index (χ1) is 10.2. The van der Waals surface area contributed by atoms with E-state index < -0.39 is 0 Å². The van der Waals surface area contributed by atoms with Crippen LogP contribution in [0.2, 0.25) is 0 Å². The van der Waals surface area contributed by atoms with Crippen LogP contribution in [0, 0.1) is 0 Å². The first kappa shape index (κ1) is 15.8. The molecule has 0 radical (unpaired) electrons. The van der Waals surface area contributed by atoms with Gasteiger partial charge in [-0.15, -0.1) is 0 Å². The van der Waals surface area contributed by atoms with Crippen molar-refractivity contribution in [3.05, 3.63) is 34.3 Å². The van der Waals surface area contributed by atoms with Crippen molar-refractivity contribution in [2.75, 3.05) is 20.3 Å². The Morgan fingerprint density at radius 3 is 2.86 bits per heavy atom. The topological polar surface area (TPSA) is 65.6 Å². The average Bonchev–Trinajstić information content (AvgIpc) is 2.82. The molecule has 1 unspecified atom stereocenters. The Morgan fingerprint density at radius 1 is 1.38 bits per heavy atom. The quantitative estimate of drug-likeness (QED) is 0.751. The summed E-state index contributed by atoms with van der Waals surface area (Å²) < 4.78 is 17.6. The predicted molar refractivity (Wildman–Crippen MR) is 80.3 cm³/mol. The van der Waals surface area contributed by atoms with Gasteiger partial charge in [-0.05, 0) is 19.9 Å². The molecule has 0 saturated carbocycles. The van der Waals surface area contributed by atoms with E-state index in [0.29, 0.717) is 31.8 Å². The van der Waals surface area contributed by atoms with Gasteiger partial charge in [-0.25, -0.2) is 4.79 Å². The highest BCUT2D eigenvalue weighted by Gasteiger charge is 2.12. The zero-order valence-electron chi connectivity index (χ0n) is 12.7. The van der Waals surface area contributed by atoms with E-state index in [2.05, 4.69) is 5.32 Å². The van der Waals surface area contributed by atoms with Crippen molar-refractivity contribution in [1.82, 2.24) is 9.88 Å². The van der Waals surface area contributed by atoms with Gasteiger partial charge in [-0.3, -0.25) is 4.57 Å². The number of nitrogens with zero attached hydrogens (tertiary/aromatic N) is 1. The second-order valence-electron chi connectivity index (χ2n) is 4.63. The number of benzene rings is 1. The number of methoxy groups -OCH3 is 1. The molecule has 21 heavy (non-hydrogen) atoms. The Kier molecular flexibility index (Phi) is 5.55. The molecule has 0 bridgehead atoms. The number of fused-ring (bicyclic) bond motifs is 1. The number of para-hydroxylation sites is 1. The van der Waals surface area contributed by atoms with E-state index in [0.717, 1.165) is 11.1 Å². The summed E-state index contributed by atoms with van der Waals surface area (Å²) >= 11 is 0. The number of rotatable bonds is 8. The average molecular weight is 294 g/mol. The molecule has 6 nitrogen and oxygen atoms in total. The first-order valence-electron chi connectivity index (χ1n) is 7.17. The number of aryl methyl sites for hydroxylation is 1. The number of nitrogens with one attached hydrogen (secondary N) is 1. The van der Waals surface area contributed by atoms with Gasteiger partial charge in [0.1, 0.15) is 0 Å². The van der Waals surface area contributed by atoms with E-state index in [9.17, 15) is 4.79 Å². The predicted octanol–water partition coefficient (Wildman–Crippen LogP) is 1.71. The van der Waals surface area contributed by atoms with Gasteiger partial charge >= 0.3 is 5.76 Å². The lowest BCUT2D eigenvalue weighted by atomic mass is 10.2. The Morgan fingerprint density at radius 2 is 2.19 bits per heavy atom. The molecule has 0 aliphatic heterocycles. The molecule has 0 saturated heterocycles. The van der Waals surface area contributed by atoms with Gasteiger partial charge < -0.3 is 19.2 Å². The van der Waals surface area contributed by atoms with Crippen molar-refractivity contribution in [1.29, 1.82) is 0 Å². The Labute approximate surface area is 123 Å². The van der Waals surface area contributed by atoms with Gasteiger partial charge in [0.25, 0.3) is 0 Å². The zero-order valence-corrected chi connectivity index (χ0v) is 12.7. The Balaban J connectivity index is 2.10. The summed E-state index contributed by atoms with van der Waals surface area (Å²) in [5, 5.41) is 3.26. The van der Waals surface area contributed by atoms with Crippen molar-refractivity contribution in [2.45, 2.75) is 33.2 Å². The molecule has 1 N–H and O–H groups in total. The van der Waals surface area contributed by atoms with Crippen LogP contribution in [0.3, 0.4) is 0 Å². The maximum atomic E-state index is 11.8. The lowest BCUT2D eigenvalue weighted by Gasteiger charge is -2.15. The van der Waals surface area contributed by atoms with Crippen LogP contribution >= 0.6 is 0 Å². The van der Waals surface area contributed by atoms with Gasteiger partial charge in [0.2, 0.25) is 0 Å². The van der Waals surface area contributed by atoms with Crippen LogP contribution in [0.5, 0.6) is 0 Å². The molecule has 2 aromatic rings. The van der Waals surface area contributed by atoms with Gasteiger partial charge in [-0.1, -0.05) is 12.1 Å². The fourth-order valence-electron chi connectivity index (χ4n) is 2.30. The van der Waals surface area contributed by atoms with Gasteiger partial charge in [0.15, 0.2) is 11.9 Å². The molecule has 1 heterocycles. The van der Waals surface area contributed by atoms with Gasteiger partial charge in [-0.2, -0.15) is 0 Å². The fraction of sp³-hybridized carbons (Fsp3) is 0.533. The number of hydrogen-bond donors (Lipinski definition) is 1. The van der Waals surface area contributed by atoms with Crippen LogP contribution in [0.4, 0.5) is 0 Å². The van der Waals surface area contributed by atoms with Crippen molar-refractivity contribution >= 4 is 11.1 Å². The number of hydrogen-bond acceptors (Lipinski definition) is 5. The summed E-state index contributed by atoms with van der Waals surface area (Å²) in [4.78, 5) is 11.8. The SMILES string of the molecule is CCOC(CNCc1cccc2c1oc(=O)n2CC)OC. The summed E-state index contributed by atoms with van der Waals surface area (Å²) in [6, 6.07) is 5.77. The Hall–Kier alpha value is -1.63. The minimum Gasteiger partial charge on any atom is -0.407 e. The maximum absolute atomic E-state index is 11.8. The molecule has 0 aliphatic carbocycles. The highest BCUT2D eigenvalue weighted by Crippen LogP contribution is 2.17. The second kappa shape index (κ2) is 7.40. The standard InChI is InChI=1S/C15H22N2O4/c1-4-17-12-8-6-7-11(14(12)21-15(17)18)9-16-10-13(19-3)20-5-2/h6-8,13,16H,4-5,9-10H2,1-3H3. The van der Waals surface area contributed by atoms with Crippen molar-refractivity contribution in [3.63, 3.8) is 0 Å². The summed E-state index contributed by atoms with van der Waals surface area (Å²) in [7, 11) is 1.61. The lowest BCUT2D eigenvalue weighted by molar-refractivity contribution is -0.117. The van der Waals surface area contributed by atoms with Crippen LogP contribution in [0.25, 0.3) is 11.1 Å². The molecular weight excluding hydrogens is 272 g/mol. The fourth-order valence-corrected chi connectivity index (χ4v) is 2.30. The number of oxazole rings is 1. The molecule has 2 rings (SSSR count). The Bertz CT molecular complexity index is 632. The second-order valence-corrected chi connectivity index (χ2v) is 4.63. The molecule has 1 aromatic heterocycles. The third kappa shape index (κ3) is 3.53. The zero-order chi connectivity index (χ0) is 15.2. The van der Waals surface area contributed by atoms with Gasteiger partial charge in [0, 0.05) is 38.9 Å². The van der Waals surface area contributed by atoms with Crippen molar-refractivity contribution in [3.8, 4) is 0 Å². The summed E-state index contributed by atoms with van der Waals surface area (Å²) in [5.74, 6) is -0.316. The van der Waals surface area contributed by atoms with E-state index in [1.54, 1.807) is 11.7 Å². The third-order valence-corrected chi connectivity index (χ3v) is 3.33. The normalized spacial score (nSPS) is 12.9. The summed E-state index contributed by atoms with van der Waals surface area (Å²) in [6.07, 6.45) is -0.276. The lowest BCUT2D eigenvalue weighted by Crippen LogP contribution is -2.30. The molecule has 0 amide bonds. The first-order valence-corrected chi connectivity index (χ1v) is 7.17. The van der Waals surface area contributed by atoms with E-state index in [1.807, 2.05) is 32.0 Å². The molecule has 0 fully saturated rings. The van der Waals surface area contributed by atoms with Crippen LogP contribution in [0.15, 0.2) is 27.4 Å². The highest BCUT2D eigenvalue weighted by molar-refractivity contribution is 5.76. The smallest absolute Gasteiger partial charge is 0.407 e. The van der Waals surface area contributed by atoms with Crippen LogP contribution in [-0.2, 0) is 22.6 Å². The molecule has 116 valence electrons. The number of aromatic nitrogens is 1. The summed E-state index contributed by atoms with van der Waals surface area (Å²) in [6.45, 7) is 6.20. The highest BCUT2D eigenvalue weighted by atomic mass is 16.7. The molecule has 0 aliphatic rings. The monoisotopic (exact) mass is 294 g/mol. The van der Waals surface area contributed by atoms with Crippen LogP contribution in [0.1, 0.15) is 19.4 Å². The minimum absolute atomic E-state index is 0.276. The van der Waals surface area contributed by atoms with Crippen molar-refractivity contribution < 1.29 is 13.9 Å². The molecular formula is C15H22N2O4. The van der Waals surface area contributed by atoms with Crippen LogP contribution < -0.4 is 11.1 Å². The largest absolute Gasteiger partial charge is 0.419 e. The molecule has 1 aromatic carbocycles. The maximum Gasteiger partial charge on any atom is 0.419 e. The third-order valence-electron chi connectivity index (χ3n) is 3.33. The molecule has 6 heteroatoms. The van der Waals surface area contributed by atoms with E-state index in [-0.39, 0.29) is 12.0 Å². The van der Waals surface area contributed by atoms with Crippen LogP contribution in [-0.4, -0.2) is 31.1 Å². The molecule has 0 spiro atoms. The minimum atomic E-state index is -0.316. The van der Waals surface area contributed by atoms with E-state index in [4.69, 9.17) is 13.9 Å². The van der Waals surface area contributed by atoms with E-state index in [1.165, 1.54) is 0 Å². The van der Waals surface area contributed by atoms with E-state index >= 15 is 0 Å². The van der Waals surface area contributed by atoms with Gasteiger partial charge in [0.05, 0.1) is 5.52 Å². The van der Waals surface area contributed by atoms with Crippen molar-refractivity contribution in [2.24, 2.45) is 0 Å². The summed E-state index contributed by atoms with van der Waals surface area (Å²) in [5.41, 5.74) is 2.42.